The van der Waals surface area contributed by atoms with E-state index >= 15 is 0 Å². The van der Waals surface area contributed by atoms with E-state index in [1.54, 1.807) is 44.2 Å². The highest BCUT2D eigenvalue weighted by molar-refractivity contribution is 7.92. The largest absolute Gasteiger partial charge is 0.322 e. The highest BCUT2D eigenvalue weighted by Gasteiger charge is 2.12. The second-order valence-corrected chi connectivity index (χ2v) is 7.62. The fourth-order valence-electron chi connectivity index (χ4n) is 2.33. The van der Waals surface area contributed by atoms with Crippen molar-refractivity contribution >= 4 is 33.4 Å². The van der Waals surface area contributed by atoms with Crippen molar-refractivity contribution in [3.05, 3.63) is 65.5 Å². The predicted molar refractivity (Wildman–Crippen MR) is 103 cm³/mol. The zero-order valence-corrected chi connectivity index (χ0v) is 15.4. The van der Waals surface area contributed by atoms with Gasteiger partial charge in [0.15, 0.2) is 0 Å². The van der Waals surface area contributed by atoms with Crippen molar-refractivity contribution in [1.82, 2.24) is 0 Å². The van der Waals surface area contributed by atoms with Crippen molar-refractivity contribution in [3.8, 4) is 0 Å². The van der Waals surface area contributed by atoms with E-state index < -0.39 is 15.9 Å². The molecule has 0 saturated carbocycles. The van der Waals surface area contributed by atoms with E-state index in [0.717, 1.165) is 0 Å². The molecule has 0 aromatic heterocycles. The molecule has 0 aliphatic heterocycles. The molecular formula is C19H21FN2O3S. The third kappa shape index (κ3) is 5.70. The maximum absolute atomic E-state index is 13.1. The number of sulfonamides is 1. The summed E-state index contributed by atoms with van der Waals surface area (Å²) in [5, 5.41) is 2.70. The zero-order valence-electron chi connectivity index (χ0n) is 14.6. The van der Waals surface area contributed by atoms with E-state index in [4.69, 9.17) is 0 Å². The van der Waals surface area contributed by atoms with Gasteiger partial charge in [-0.2, -0.15) is 0 Å². The number of hydrogen-bond donors (Lipinski definition) is 2. The number of rotatable bonds is 7. The maximum Gasteiger partial charge on any atom is 0.248 e. The van der Waals surface area contributed by atoms with Gasteiger partial charge >= 0.3 is 0 Å². The molecular weight excluding hydrogens is 355 g/mol. The Hall–Kier alpha value is -2.67. The highest BCUT2D eigenvalue weighted by Crippen LogP contribution is 2.24. The summed E-state index contributed by atoms with van der Waals surface area (Å²) in [6.07, 6.45) is 3.30. The summed E-state index contributed by atoms with van der Waals surface area (Å²) in [5.74, 6) is -0.749. The van der Waals surface area contributed by atoms with Crippen molar-refractivity contribution in [2.75, 3.05) is 15.8 Å². The van der Waals surface area contributed by atoms with Crippen LogP contribution in [0.15, 0.2) is 48.5 Å². The van der Waals surface area contributed by atoms with Gasteiger partial charge in [0.1, 0.15) is 5.82 Å². The Bertz CT molecular complexity index is 924. The van der Waals surface area contributed by atoms with Crippen molar-refractivity contribution in [1.29, 1.82) is 0 Å². The molecule has 0 spiro atoms. The summed E-state index contributed by atoms with van der Waals surface area (Å²) in [6.45, 7) is 3.50. The first-order valence-electron chi connectivity index (χ1n) is 8.15. The van der Waals surface area contributed by atoms with Gasteiger partial charge in [0, 0.05) is 11.8 Å². The second-order valence-electron chi connectivity index (χ2n) is 5.78. The molecule has 138 valence electrons. The monoisotopic (exact) mass is 376 g/mol. The molecule has 1 amide bonds. The van der Waals surface area contributed by atoms with Crippen molar-refractivity contribution in [2.24, 2.45) is 0 Å². The summed E-state index contributed by atoms with van der Waals surface area (Å²) >= 11 is 0. The molecule has 0 radical (unpaired) electrons. The summed E-state index contributed by atoms with van der Waals surface area (Å²) in [6, 6.07) is 10.9. The molecule has 2 aromatic rings. The molecule has 0 atom stereocenters. The van der Waals surface area contributed by atoms with Crippen LogP contribution < -0.4 is 10.0 Å². The number of nitrogens with one attached hydrogen (secondary N) is 2. The van der Waals surface area contributed by atoms with E-state index in [1.807, 2.05) is 0 Å². The van der Waals surface area contributed by atoms with Gasteiger partial charge in [-0.05, 0) is 54.8 Å². The SMILES string of the molecule is CCCS(=O)(=O)Nc1cccc(NC(=O)C=Cc2cccc(F)c2)c1C. The molecule has 0 saturated heterocycles. The standard InChI is InChI=1S/C19H21FN2O3S/c1-3-12-26(24,25)22-18-9-5-8-17(14(18)2)21-19(23)11-10-15-6-4-7-16(20)13-15/h4-11,13,22H,3,12H2,1-2H3,(H,21,23). The fraction of sp³-hybridized carbons (Fsp3) is 0.211. The first-order chi connectivity index (χ1) is 12.3. The van der Waals surface area contributed by atoms with Crippen molar-refractivity contribution in [3.63, 3.8) is 0 Å². The average Bonchev–Trinajstić information content (AvgIpc) is 2.56. The van der Waals surface area contributed by atoms with Gasteiger partial charge in [-0.15, -0.1) is 0 Å². The smallest absolute Gasteiger partial charge is 0.248 e. The lowest BCUT2D eigenvalue weighted by Crippen LogP contribution is -2.17. The Morgan fingerprint density at radius 3 is 2.54 bits per heavy atom. The molecule has 7 heteroatoms. The van der Waals surface area contributed by atoms with Crippen LogP contribution >= 0.6 is 0 Å². The normalized spacial score (nSPS) is 11.5. The van der Waals surface area contributed by atoms with Crippen LogP contribution in [-0.4, -0.2) is 20.1 Å². The van der Waals surface area contributed by atoms with Crippen LogP contribution in [0.25, 0.3) is 6.08 Å². The molecule has 2 N–H and O–H groups in total. The van der Waals surface area contributed by atoms with Crippen LogP contribution in [0.5, 0.6) is 0 Å². The predicted octanol–water partition coefficient (Wildman–Crippen LogP) is 3.94. The van der Waals surface area contributed by atoms with Crippen LogP contribution in [0.4, 0.5) is 15.8 Å². The summed E-state index contributed by atoms with van der Waals surface area (Å²) in [7, 11) is -3.41. The van der Waals surface area contributed by atoms with Gasteiger partial charge in [-0.3, -0.25) is 9.52 Å². The van der Waals surface area contributed by atoms with E-state index in [1.165, 1.54) is 24.3 Å². The van der Waals surface area contributed by atoms with Gasteiger partial charge in [-0.1, -0.05) is 25.1 Å². The summed E-state index contributed by atoms with van der Waals surface area (Å²) < 4.78 is 39.5. The second kappa shape index (κ2) is 8.62. The number of halogens is 1. The van der Waals surface area contributed by atoms with E-state index in [-0.39, 0.29) is 11.6 Å². The third-order valence-electron chi connectivity index (χ3n) is 3.61. The van der Waals surface area contributed by atoms with E-state index in [0.29, 0.717) is 28.9 Å². The first kappa shape index (κ1) is 19.7. The molecule has 0 aliphatic rings. The number of benzene rings is 2. The average molecular weight is 376 g/mol. The number of carbonyl (C=O) groups excluding carboxylic acids is 1. The molecule has 0 heterocycles. The zero-order chi connectivity index (χ0) is 19.2. The number of carbonyl (C=O) groups is 1. The Kier molecular flexibility index (Phi) is 6.52. The minimum atomic E-state index is -3.41. The van der Waals surface area contributed by atoms with Crippen LogP contribution in [-0.2, 0) is 14.8 Å². The molecule has 26 heavy (non-hydrogen) atoms. The van der Waals surface area contributed by atoms with E-state index in [9.17, 15) is 17.6 Å². The molecule has 2 rings (SSSR count). The van der Waals surface area contributed by atoms with Gasteiger partial charge in [0.2, 0.25) is 15.9 Å². The molecule has 0 bridgehead atoms. The number of amides is 1. The van der Waals surface area contributed by atoms with Crippen molar-refractivity contribution in [2.45, 2.75) is 20.3 Å². The minimum Gasteiger partial charge on any atom is -0.322 e. The quantitative estimate of drug-likeness (QED) is 0.719. The lowest BCUT2D eigenvalue weighted by Gasteiger charge is -2.13. The lowest BCUT2D eigenvalue weighted by atomic mass is 10.1. The van der Waals surface area contributed by atoms with Gasteiger partial charge < -0.3 is 5.32 Å². The minimum absolute atomic E-state index is 0.0272. The molecule has 0 fully saturated rings. The van der Waals surface area contributed by atoms with Gasteiger partial charge in [0.25, 0.3) is 0 Å². The maximum atomic E-state index is 13.1. The van der Waals surface area contributed by atoms with Crippen LogP contribution in [0.1, 0.15) is 24.5 Å². The summed E-state index contributed by atoms with van der Waals surface area (Å²) in [5.41, 5.74) is 2.10. The Balaban J connectivity index is 2.12. The highest BCUT2D eigenvalue weighted by atomic mass is 32.2. The fourth-order valence-corrected chi connectivity index (χ4v) is 3.52. The summed E-state index contributed by atoms with van der Waals surface area (Å²) in [4.78, 5) is 12.1. The Labute approximate surface area is 153 Å². The van der Waals surface area contributed by atoms with Gasteiger partial charge in [0.05, 0.1) is 11.4 Å². The topological polar surface area (TPSA) is 75.3 Å². The molecule has 0 unspecified atom stereocenters. The first-order valence-corrected chi connectivity index (χ1v) is 9.80. The number of hydrogen-bond acceptors (Lipinski definition) is 3. The third-order valence-corrected chi connectivity index (χ3v) is 5.08. The van der Waals surface area contributed by atoms with Crippen LogP contribution in [0.2, 0.25) is 0 Å². The van der Waals surface area contributed by atoms with Crippen molar-refractivity contribution < 1.29 is 17.6 Å². The molecule has 5 nitrogen and oxygen atoms in total. The molecule has 2 aromatic carbocycles. The van der Waals surface area contributed by atoms with Crippen LogP contribution in [0, 0.1) is 12.7 Å². The van der Waals surface area contributed by atoms with Crippen LogP contribution in [0.3, 0.4) is 0 Å². The Morgan fingerprint density at radius 2 is 1.85 bits per heavy atom. The lowest BCUT2D eigenvalue weighted by molar-refractivity contribution is -0.111. The van der Waals surface area contributed by atoms with E-state index in [2.05, 4.69) is 10.0 Å². The Morgan fingerprint density at radius 1 is 1.15 bits per heavy atom. The number of anilines is 2. The van der Waals surface area contributed by atoms with Gasteiger partial charge in [-0.25, -0.2) is 12.8 Å². The molecule has 0 aliphatic carbocycles.